The number of β-amino-alcohol motifs (C(OH)–C–C–N with tert-alkyl or cyclic N) is 1. The van der Waals surface area contributed by atoms with E-state index in [1.807, 2.05) is 30.9 Å². The first-order chi connectivity index (χ1) is 9.52. The minimum atomic E-state index is -0.387. The zero-order chi connectivity index (χ0) is 14.7. The normalized spacial score (nSPS) is 24.5. The van der Waals surface area contributed by atoms with Gasteiger partial charge in [-0.3, -0.25) is 4.79 Å². The number of aliphatic hydroxyl groups excluding tert-OH is 1. The van der Waals surface area contributed by atoms with Gasteiger partial charge in [-0.2, -0.15) is 0 Å². The largest absolute Gasteiger partial charge is 0.391 e. The van der Waals surface area contributed by atoms with Crippen LogP contribution in [-0.4, -0.2) is 35.1 Å². The standard InChI is InChI=1S/C17H25NO2/c1-4-14-5-7-15(8-6-14)13(3)17(20)18-10-9-12(2)16(19)11-18/h5-8,12-13,16,19H,4,9-11H2,1-3H3. The summed E-state index contributed by atoms with van der Waals surface area (Å²) in [5.74, 6) is 0.278. The predicted octanol–water partition coefficient (Wildman–Crippen LogP) is 2.58. The number of nitrogens with zero attached hydrogens (tertiary/aromatic N) is 1. The van der Waals surface area contributed by atoms with Crippen LogP contribution in [0.5, 0.6) is 0 Å². The number of carbonyl (C=O) groups excluding carboxylic acids is 1. The van der Waals surface area contributed by atoms with E-state index in [2.05, 4.69) is 19.1 Å². The topological polar surface area (TPSA) is 40.5 Å². The molecule has 3 nitrogen and oxygen atoms in total. The number of carbonyl (C=O) groups is 1. The van der Waals surface area contributed by atoms with Crippen molar-refractivity contribution < 1.29 is 9.90 Å². The highest BCUT2D eigenvalue weighted by atomic mass is 16.3. The van der Waals surface area contributed by atoms with Crippen molar-refractivity contribution in [3.8, 4) is 0 Å². The SMILES string of the molecule is CCc1ccc(C(C)C(=O)N2CCC(C)C(O)C2)cc1. The number of aryl methyl sites for hydroxylation is 1. The molecule has 1 heterocycles. The molecule has 0 aromatic heterocycles. The van der Waals surface area contributed by atoms with Crippen LogP contribution in [0.3, 0.4) is 0 Å². The predicted molar refractivity (Wildman–Crippen MR) is 80.6 cm³/mol. The van der Waals surface area contributed by atoms with E-state index in [1.165, 1.54) is 5.56 Å². The maximum absolute atomic E-state index is 12.5. The van der Waals surface area contributed by atoms with E-state index >= 15 is 0 Å². The third kappa shape index (κ3) is 3.21. The first kappa shape index (κ1) is 15.0. The molecule has 1 N–H and O–H groups in total. The highest BCUT2D eigenvalue weighted by molar-refractivity contribution is 5.83. The van der Waals surface area contributed by atoms with Crippen LogP contribution < -0.4 is 0 Å². The summed E-state index contributed by atoms with van der Waals surface area (Å²) in [4.78, 5) is 14.3. The van der Waals surface area contributed by atoms with Crippen LogP contribution in [0.15, 0.2) is 24.3 Å². The monoisotopic (exact) mass is 275 g/mol. The molecule has 110 valence electrons. The van der Waals surface area contributed by atoms with Crippen LogP contribution in [0.2, 0.25) is 0 Å². The molecule has 0 spiro atoms. The molecular formula is C17H25NO2. The molecule has 1 aliphatic rings. The number of likely N-dealkylation sites (tertiary alicyclic amines) is 1. The average Bonchev–Trinajstić information content (AvgIpc) is 2.48. The van der Waals surface area contributed by atoms with E-state index in [0.29, 0.717) is 6.54 Å². The van der Waals surface area contributed by atoms with Crippen molar-refractivity contribution in [2.45, 2.75) is 45.6 Å². The van der Waals surface area contributed by atoms with E-state index < -0.39 is 0 Å². The summed E-state index contributed by atoms with van der Waals surface area (Å²) >= 11 is 0. The van der Waals surface area contributed by atoms with Gasteiger partial charge in [0.25, 0.3) is 0 Å². The van der Waals surface area contributed by atoms with Crippen LogP contribution in [0, 0.1) is 5.92 Å². The molecule has 1 amide bonds. The highest BCUT2D eigenvalue weighted by Crippen LogP contribution is 2.23. The number of hydrogen-bond acceptors (Lipinski definition) is 2. The van der Waals surface area contributed by atoms with Gasteiger partial charge in [-0.05, 0) is 36.8 Å². The van der Waals surface area contributed by atoms with Gasteiger partial charge in [-0.25, -0.2) is 0 Å². The summed E-state index contributed by atoms with van der Waals surface area (Å²) in [6, 6.07) is 8.27. The summed E-state index contributed by atoms with van der Waals surface area (Å²) in [5, 5.41) is 9.92. The average molecular weight is 275 g/mol. The molecule has 1 aliphatic heterocycles. The van der Waals surface area contributed by atoms with Gasteiger partial charge in [0, 0.05) is 13.1 Å². The van der Waals surface area contributed by atoms with Crippen molar-refractivity contribution in [1.29, 1.82) is 0 Å². The Labute approximate surface area is 121 Å². The molecule has 3 heteroatoms. The lowest BCUT2D eigenvalue weighted by atomic mass is 9.93. The van der Waals surface area contributed by atoms with Gasteiger partial charge >= 0.3 is 0 Å². The van der Waals surface area contributed by atoms with Gasteiger partial charge in [0.2, 0.25) is 5.91 Å². The third-order valence-electron chi connectivity index (χ3n) is 4.49. The second-order valence-corrected chi connectivity index (χ2v) is 5.93. The van der Waals surface area contributed by atoms with Crippen molar-refractivity contribution >= 4 is 5.91 Å². The van der Waals surface area contributed by atoms with Crippen molar-refractivity contribution in [1.82, 2.24) is 4.90 Å². The third-order valence-corrected chi connectivity index (χ3v) is 4.49. The molecule has 0 saturated carbocycles. The van der Waals surface area contributed by atoms with Gasteiger partial charge in [-0.1, -0.05) is 38.1 Å². The van der Waals surface area contributed by atoms with E-state index in [9.17, 15) is 9.90 Å². The quantitative estimate of drug-likeness (QED) is 0.921. The smallest absolute Gasteiger partial charge is 0.229 e. The Morgan fingerprint density at radius 1 is 1.40 bits per heavy atom. The van der Waals surface area contributed by atoms with Gasteiger partial charge in [0.1, 0.15) is 0 Å². The summed E-state index contributed by atoms with van der Waals surface area (Å²) in [7, 11) is 0. The number of benzene rings is 1. The Morgan fingerprint density at radius 3 is 2.60 bits per heavy atom. The molecule has 1 fully saturated rings. The molecule has 0 radical (unpaired) electrons. The minimum Gasteiger partial charge on any atom is -0.391 e. The van der Waals surface area contributed by atoms with E-state index in [1.54, 1.807) is 0 Å². The van der Waals surface area contributed by atoms with E-state index in [4.69, 9.17) is 0 Å². The maximum atomic E-state index is 12.5. The molecule has 2 rings (SSSR count). The second-order valence-electron chi connectivity index (χ2n) is 5.93. The number of aliphatic hydroxyl groups is 1. The molecule has 1 aromatic carbocycles. The molecule has 0 bridgehead atoms. The van der Waals surface area contributed by atoms with Crippen molar-refractivity contribution in [2.24, 2.45) is 5.92 Å². The Morgan fingerprint density at radius 2 is 2.05 bits per heavy atom. The molecular weight excluding hydrogens is 250 g/mol. The lowest BCUT2D eigenvalue weighted by Gasteiger charge is -2.35. The van der Waals surface area contributed by atoms with Crippen LogP contribution in [0.25, 0.3) is 0 Å². The Hall–Kier alpha value is -1.35. The summed E-state index contributed by atoms with van der Waals surface area (Å²) in [6.45, 7) is 7.35. The molecule has 20 heavy (non-hydrogen) atoms. The number of hydrogen-bond donors (Lipinski definition) is 1. The van der Waals surface area contributed by atoms with Gasteiger partial charge in [-0.15, -0.1) is 0 Å². The Balaban J connectivity index is 2.04. The van der Waals surface area contributed by atoms with Crippen molar-refractivity contribution in [2.75, 3.05) is 13.1 Å². The first-order valence-corrected chi connectivity index (χ1v) is 7.58. The molecule has 3 atom stereocenters. The van der Waals surface area contributed by atoms with Gasteiger partial charge in [0.15, 0.2) is 0 Å². The summed E-state index contributed by atoms with van der Waals surface area (Å²) < 4.78 is 0. The van der Waals surface area contributed by atoms with E-state index in [0.717, 1.165) is 24.9 Å². The van der Waals surface area contributed by atoms with Crippen LogP contribution >= 0.6 is 0 Å². The molecule has 0 aliphatic carbocycles. The lowest BCUT2D eigenvalue weighted by Crippen LogP contribution is -2.47. The van der Waals surface area contributed by atoms with Crippen molar-refractivity contribution in [3.63, 3.8) is 0 Å². The van der Waals surface area contributed by atoms with Crippen molar-refractivity contribution in [3.05, 3.63) is 35.4 Å². The molecule has 1 aromatic rings. The zero-order valence-electron chi connectivity index (χ0n) is 12.7. The second kappa shape index (κ2) is 6.40. The maximum Gasteiger partial charge on any atom is 0.229 e. The fraction of sp³-hybridized carbons (Fsp3) is 0.588. The summed E-state index contributed by atoms with van der Waals surface area (Å²) in [5.41, 5.74) is 2.34. The highest BCUT2D eigenvalue weighted by Gasteiger charge is 2.29. The summed E-state index contributed by atoms with van der Waals surface area (Å²) in [6.07, 6.45) is 1.51. The van der Waals surface area contributed by atoms with Crippen LogP contribution in [-0.2, 0) is 11.2 Å². The molecule has 1 saturated heterocycles. The van der Waals surface area contributed by atoms with Gasteiger partial charge in [0.05, 0.1) is 12.0 Å². The Bertz CT molecular complexity index is 455. The lowest BCUT2D eigenvalue weighted by molar-refractivity contribution is -0.136. The fourth-order valence-corrected chi connectivity index (χ4v) is 2.71. The van der Waals surface area contributed by atoms with Crippen LogP contribution in [0.4, 0.5) is 0 Å². The van der Waals surface area contributed by atoms with Gasteiger partial charge < -0.3 is 10.0 Å². The van der Waals surface area contributed by atoms with E-state index in [-0.39, 0.29) is 23.8 Å². The zero-order valence-corrected chi connectivity index (χ0v) is 12.7. The fourth-order valence-electron chi connectivity index (χ4n) is 2.71. The number of rotatable bonds is 3. The number of amides is 1. The minimum absolute atomic E-state index is 0.125. The van der Waals surface area contributed by atoms with Crippen LogP contribution in [0.1, 0.15) is 44.2 Å². The number of piperidine rings is 1. The Kier molecular flexibility index (Phi) is 4.81. The first-order valence-electron chi connectivity index (χ1n) is 7.58. The molecule has 3 unspecified atom stereocenters.